The molecule has 0 bridgehead atoms. The van der Waals surface area contributed by atoms with Gasteiger partial charge in [-0.25, -0.2) is 0 Å². The first kappa shape index (κ1) is 22.4. The van der Waals surface area contributed by atoms with Crippen molar-refractivity contribution < 1.29 is 22.8 Å². The zero-order valence-corrected chi connectivity index (χ0v) is 15.1. The molecule has 2 N–H and O–H groups in total. The predicted molar refractivity (Wildman–Crippen MR) is 92.9 cm³/mol. The van der Waals surface area contributed by atoms with Crippen LogP contribution in [-0.4, -0.2) is 43.1 Å². The average Bonchev–Trinajstić information content (AvgIpc) is 2.48. The Balaban J connectivity index is 3.26. The molecule has 0 unspecified atom stereocenters. The summed E-state index contributed by atoms with van der Waals surface area (Å²) in [6.45, 7) is 3.11. The van der Waals surface area contributed by atoms with Crippen molar-refractivity contribution in [2.24, 2.45) is 0 Å². The lowest BCUT2D eigenvalue weighted by Gasteiger charge is -2.03. The van der Waals surface area contributed by atoms with E-state index in [-0.39, 0.29) is 5.75 Å². The summed E-state index contributed by atoms with van der Waals surface area (Å²) in [5.41, 5.74) is 0. The lowest BCUT2D eigenvalue weighted by atomic mass is 10.1. The van der Waals surface area contributed by atoms with Crippen LogP contribution in [-0.2, 0) is 14.9 Å². The molecule has 0 aliphatic carbocycles. The Morgan fingerprint density at radius 2 is 1.65 bits per heavy atom. The second-order valence-electron chi connectivity index (χ2n) is 5.75. The summed E-state index contributed by atoms with van der Waals surface area (Å²) in [5, 5.41) is 9.55. The maximum atomic E-state index is 10.5. The van der Waals surface area contributed by atoms with E-state index in [0.29, 0.717) is 19.6 Å². The zero-order chi connectivity index (χ0) is 17.4. The monoisotopic (exact) mass is 348 g/mol. The number of aliphatic hydroxyl groups excluding tert-OH is 1. The van der Waals surface area contributed by atoms with Gasteiger partial charge < -0.3 is 9.84 Å². The molecule has 0 saturated heterocycles. The Morgan fingerprint density at radius 3 is 2.35 bits per heavy atom. The second-order valence-corrected chi connectivity index (χ2v) is 7.32. The van der Waals surface area contributed by atoms with E-state index in [9.17, 15) is 13.5 Å². The van der Waals surface area contributed by atoms with Crippen LogP contribution in [0.4, 0.5) is 0 Å². The molecule has 23 heavy (non-hydrogen) atoms. The Morgan fingerprint density at radius 1 is 1.00 bits per heavy atom. The molecule has 0 aromatic rings. The summed E-state index contributed by atoms with van der Waals surface area (Å²) in [4.78, 5) is 0. The van der Waals surface area contributed by atoms with E-state index in [1.54, 1.807) is 0 Å². The molecule has 1 atom stereocenters. The van der Waals surface area contributed by atoms with Crippen LogP contribution in [0.15, 0.2) is 0 Å². The van der Waals surface area contributed by atoms with Crippen molar-refractivity contribution in [1.29, 1.82) is 0 Å². The second kappa shape index (κ2) is 14.9. The first-order valence-electron chi connectivity index (χ1n) is 8.65. The Hall–Kier alpha value is -0.610. The van der Waals surface area contributed by atoms with E-state index in [1.165, 1.54) is 0 Å². The quantitative estimate of drug-likeness (QED) is 0.286. The number of rotatable bonds is 14. The molecular weight excluding hydrogens is 316 g/mol. The first-order valence-corrected chi connectivity index (χ1v) is 10.3. The van der Waals surface area contributed by atoms with Crippen LogP contribution in [0, 0.1) is 11.8 Å². The van der Waals surface area contributed by atoms with Gasteiger partial charge in [0, 0.05) is 19.6 Å². The highest BCUT2D eigenvalue weighted by Crippen LogP contribution is 2.05. The van der Waals surface area contributed by atoms with Gasteiger partial charge in [0.25, 0.3) is 10.1 Å². The highest BCUT2D eigenvalue weighted by molar-refractivity contribution is 7.85. The number of aliphatic hydroxyl groups is 1. The van der Waals surface area contributed by atoms with Crippen molar-refractivity contribution in [3.8, 4) is 11.8 Å². The van der Waals surface area contributed by atoms with Gasteiger partial charge in [-0.05, 0) is 25.7 Å². The highest BCUT2D eigenvalue weighted by atomic mass is 32.2. The molecule has 0 aliphatic heterocycles. The fraction of sp³-hybridized carbons (Fsp3) is 0.882. The minimum Gasteiger partial charge on any atom is -0.381 e. The molecule has 0 amide bonds. The number of hydrogen-bond donors (Lipinski definition) is 2. The molecule has 0 radical (unpaired) electrons. The fourth-order valence-corrected chi connectivity index (χ4v) is 2.54. The number of unbranched alkanes of at least 4 members (excludes halogenated alkanes) is 6. The van der Waals surface area contributed by atoms with Gasteiger partial charge in [0.15, 0.2) is 0 Å². The summed E-state index contributed by atoms with van der Waals surface area (Å²) in [6, 6.07) is 0. The standard InChI is InChI=1S/C17H32O5S/c1-2-3-12-17(18)13-9-7-5-4-6-8-10-14-22-15-11-16-23(19,20)21/h17-18H,2-8,10-12,14-16H2,1H3,(H,19,20,21)/t17-/m1/s1. The molecule has 0 aliphatic rings. The number of hydrogen-bond acceptors (Lipinski definition) is 4. The van der Waals surface area contributed by atoms with Gasteiger partial charge in [-0.1, -0.05) is 44.9 Å². The Kier molecular flexibility index (Phi) is 14.6. The molecule has 5 nitrogen and oxygen atoms in total. The van der Waals surface area contributed by atoms with Crippen molar-refractivity contribution in [3.05, 3.63) is 0 Å². The van der Waals surface area contributed by atoms with Crippen LogP contribution in [0.5, 0.6) is 0 Å². The van der Waals surface area contributed by atoms with Crippen molar-refractivity contribution in [2.75, 3.05) is 19.0 Å². The van der Waals surface area contributed by atoms with Crippen LogP contribution >= 0.6 is 0 Å². The maximum Gasteiger partial charge on any atom is 0.264 e. The fourth-order valence-electron chi connectivity index (χ4n) is 2.05. The van der Waals surface area contributed by atoms with Gasteiger partial charge in [-0.2, -0.15) is 8.42 Å². The van der Waals surface area contributed by atoms with Crippen molar-refractivity contribution >= 4 is 10.1 Å². The highest BCUT2D eigenvalue weighted by Gasteiger charge is 2.02. The molecule has 0 spiro atoms. The topological polar surface area (TPSA) is 83.8 Å². The van der Waals surface area contributed by atoms with Gasteiger partial charge in [-0.15, -0.1) is 5.92 Å². The normalized spacial score (nSPS) is 12.7. The van der Waals surface area contributed by atoms with Crippen LogP contribution < -0.4 is 0 Å². The van der Waals surface area contributed by atoms with Gasteiger partial charge >= 0.3 is 0 Å². The van der Waals surface area contributed by atoms with Gasteiger partial charge in [-0.3, -0.25) is 4.55 Å². The summed E-state index contributed by atoms with van der Waals surface area (Å²) in [6.07, 6.45) is 8.96. The van der Waals surface area contributed by atoms with Crippen LogP contribution in [0.3, 0.4) is 0 Å². The molecule has 0 fully saturated rings. The lowest BCUT2D eigenvalue weighted by molar-refractivity contribution is 0.130. The largest absolute Gasteiger partial charge is 0.381 e. The molecule has 0 saturated carbocycles. The van der Waals surface area contributed by atoms with E-state index in [1.807, 2.05) is 0 Å². The summed E-state index contributed by atoms with van der Waals surface area (Å²) >= 11 is 0. The number of ether oxygens (including phenoxy) is 1. The van der Waals surface area contributed by atoms with Crippen LogP contribution in [0.25, 0.3) is 0 Å². The third-order valence-corrected chi connectivity index (χ3v) is 4.19. The minimum atomic E-state index is -3.85. The van der Waals surface area contributed by atoms with Crippen LogP contribution in [0.1, 0.15) is 71.1 Å². The summed E-state index contributed by atoms with van der Waals surface area (Å²) in [7, 11) is -3.85. The van der Waals surface area contributed by atoms with Crippen LogP contribution in [0.2, 0.25) is 0 Å². The van der Waals surface area contributed by atoms with Crippen molar-refractivity contribution in [1.82, 2.24) is 0 Å². The van der Waals surface area contributed by atoms with Gasteiger partial charge in [0.2, 0.25) is 0 Å². The predicted octanol–water partition coefficient (Wildman–Crippen LogP) is 3.18. The molecule has 0 aromatic carbocycles. The smallest absolute Gasteiger partial charge is 0.264 e. The molecule has 0 aromatic heterocycles. The SMILES string of the molecule is CCCC[C@@H](O)C#CCCCCCCCOCCCS(=O)(=O)O. The van der Waals surface area contributed by atoms with Crippen molar-refractivity contribution in [3.63, 3.8) is 0 Å². The van der Waals surface area contributed by atoms with E-state index in [2.05, 4.69) is 18.8 Å². The molecule has 0 rings (SSSR count). The minimum absolute atomic E-state index is 0.235. The zero-order valence-electron chi connectivity index (χ0n) is 14.3. The van der Waals surface area contributed by atoms with Gasteiger partial charge in [0.05, 0.1) is 5.75 Å². The van der Waals surface area contributed by atoms with E-state index < -0.39 is 16.2 Å². The third-order valence-electron chi connectivity index (χ3n) is 3.38. The molecular formula is C17H32O5S. The lowest BCUT2D eigenvalue weighted by Crippen LogP contribution is -2.07. The summed E-state index contributed by atoms with van der Waals surface area (Å²) in [5.74, 6) is 5.69. The van der Waals surface area contributed by atoms with Gasteiger partial charge in [0.1, 0.15) is 6.10 Å². The van der Waals surface area contributed by atoms with E-state index in [0.717, 1.165) is 57.8 Å². The molecule has 6 heteroatoms. The maximum absolute atomic E-state index is 10.5. The average molecular weight is 349 g/mol. The van der Waals surface area contributed by atoms with Crippen molar-refractivity contribution in [2.45, 2.75) is 77.2 Å². The molecule has 136 valence electrons. The Labute approximate surface area is 141 Å². The Bertz CT molecular complexity index is 422. The van der Waals surface area contributed by atoms with E-state index >= 15 is 0 Å². The first-order chi connectivity index (χ1) is 11.0. The third kappa shape index (κ3) is 19.3. The summed E-state index contributed by atoms with van der Waals surface area (Å²) < 4.78 is 34.8. The molecule has 0 heterocycles. The van der Waals surface area contributed by atoms with E-state index in [4.69, 9.17) is 9.29 Å².